The Labute approximate surface area is 60.0 Å². The largest absolute Gasteiger partial charge is 0.545 e. The van der Waals surface area contributed by atoms with Crippen molar-refractivity contribution < 1.29 is 15.0 Å². The molecule has 3 heteroatoms. The molecule has 0 aromatic rings. The van der Waals surface area contributed by atoms with Gasteiger partial charge in [-0.25, -0.2) is 0 Å². The third-order valence-corrected chi connectivity index (χ3v) is 1.09. The van der Waals surface area contributed by atoms with Gasteiger partial charge in [-0.1, -0.05) is 6.08 Å². The van der Waals surface area contributed by atoms with Crippen molar-refractivity contribution in [3.63, 3.8) is 0 Å². The molecule has 0 aliphatic carbocycles. The van der Waals surface area contributed by atoms with E-state index in [1.54, 1.807) is 6.92 Å². The molecular weight excluding hydrogens is 132 g/mol. The molecule has 1 unspecified atom stereocenters. The number of carboxylic acid groups (broad SMARTS) is 1. The number of carbonyl (C=O) groups is 1. The van der Waals surface area contributed by atoms with Crippen molar-refractivity contribution in [2.75, 3.05) is 0 Å². The Morgan fingerprint density at radius 3 is 2.60 bits per heavy atom. The number of aliphatic hydroxyl groups excluding tert-OH is 1. The summed E-state index contributed by atoms with van der Waals surface area (Å²) in [5.41, 5.74) is 0.168. The fraction of sp³-hybridized carbons (Fsp3) is 0.571. The quantitative estimate of drug-likeness (QED) is 0.539. The van der Waals surface area contributed by atoms with Gasteiger partial charge in [0.15, 0.2) is 0 Å². The van der Waals surface area contributed by atoms with Crippen LogP contribution < -0.4 is 5.11 Å². The van der Waals surface area contributed by atoms with Crippen LogP contribution >= 0.6 is 0 Å². The van der Waals surface area contributed by atoms with Crippen LogP contribution in [-0.2, 0) is 4.79 Å². The van der Waals surface area contributed by atoms with Gasteiger partial charge in [0.25, 0.3) is 0 Å². The minimum atomic E-state index is -1.18. The summed E-state index contributed by atoms with van der Waals surface area (Å²) < 4.78 is 0. The highest BCUT2D eigenvalue weighted by Crippen LogP contribution is 1.96. The van der Waals surface area contributed by atoms with E-state index in [-0.39, 0.29) is 5.57 Å². The summed E-state index contributed by atoms with van der Waals surface area (Å²) in [6, 6.07) is 0. The van der Waals surface area contributed by atoms with Crippen molar-refractivity contribution >= 4 is 5.97 Å². The van der Waals surface area contributed by atoms with Gasteiger partial charge in [-0.05, 0) is 25.8 Å². The lowest BCUT2D eigenvalue weighted by atomic mass is 10.2. The van der Waals surface area contributed by atoms with Gasteiger partial charge in [0.2, 0.25) is 0 Å². The Balaban J connectivity index is 3.81. The fourth-order valence-corrected chi connectivity index (χ4v) is 0.431. The monoisotopic (exact) mass is 143 g/mol. The Bertz CT molecular complexity index is 147. The van der Waals surface area contributed by atoms with Gasteiger partial charge >= 0.3 is 0 Å². The second kappa shape index (κ2) is 4.06. The molecule has 1 N–H and O–H groups in total. The van der Waals surface area contributed by atoms with E-state index in [0.717, 1.165) is 0 Å². The SMILES string of the molecule is C/C(=C\CC(C)O)C(=O)[O-]. The first kappa shape index (κ1) is 9.17. The van der Waals surface area contributed by atoms with Crippen LogP contribution in [0.4, 0.5) is 0 Å². The van der Waals surface area contributed by atoms with E-state index in [1.165, 1.54) is 13.0 Å². The smallest absolute Gasteiger partial charge is 0.0668 e. The van der Waals surface area contributed by atoms with E-state index in [1.807, 2.05) is 0 Å². The molecule has 0 aliphatic heterocycles. The Kier molecular flexibility index (Phi) is 3.72. The van der Waals surface area contributed by atoms with Gasteiger partial charge < -0.3 is 15.0 Å². The molecule has 58 valence electrons. The molecule has 0 rings (SSSR count). The number of hydrogen-bond donors (Lipinski definition) is 1. The Morgan fingerprint density at radius 1 is 1.80 bits per heavy atom. The predicted octanol–water partition coefficient (Wildman–Crippen LogP) is -0.546. The molecule has 0 radical (unpaired) electrons. The number of hydrogen-bond acceptors (Lipinski definition) is 3. The van der Waals surface area contributed by atoms with Gasteiger partial charge in [0.1, 0.15) is 0 Å². The van der Waals surface area contributed by atoms with Crippen molar-refractivity contribution in [1.82, 2.24) is 0 Å². The molecule has 1 atom stereocenters. The van der Waals surface area contributed by atoms with E-state index in [2.05, 4.69) is 0 Å². The lowest BCUT2D eigenvalue weighted by Crippen LogP contribution is -2.23. The van der Waals surface area contributed by atoms with Crippen LogP contribution in [0.3, 0.4) is 0 Å². The van der Waals surface area contributed by atoms with Crippen molar-refractivity contribution in [3.05, 3.63) is 11.6 Å². The summed E-state index contributed by atoms with van der Waals surface area (Å²) in [4.78, 5) is 10.1. The summed E-state index contributed by atoms with van der Waals surface area (Å²) in [6.07, 6.45) is 1.31. The molecule has 0 aromatic heterocycles. The standard InChI is InChI=1S/C7H12O3/c1-5(7(9)10)3-4-6(2)8/h3,6,8H,4H2,1-2H3,(H,9,10)/p-1/b5-3+. The summed E-state index contributed by atoms with van der Waals surface area (Å²) in [7, 11) is 0. The van der Waals surface area contributed by atoms with E-state index in [0.29, 0.717) is 6.42 Å². The maximum atomic E-state index is 10.1. The summed E-state index contributed by atoms with van der Waals surface area (Å²) in [5, 5.41) is 18.8. The molecule has 0 aliphatic rings. The van der Waals surface area contributed by atoms with Crippen LogP contribution in [0.5, 0.6) is 0 Å². The molecule has 0 heterocycles. The van der Waals surface area contributed by atoms with Crippen LogP contribution in [0.1, 0.15) is 20.3 Å². The first-order chi connectivity index (χ1) is 4.54. The van der Waals surface area contributed by atoms with Crippen molar-refractivity contribution in [3.8, 4) is 0 Å². The maximum absolute atomic E-state index is 10.1. The molecule has 0 amide bonds. The lowest BCUT2D eigenvalue weighted by Gasteiger charge is -2.02. The third-order valence-electron chi connectivity index (χ3n) is 1.09. The number of carbonyl (C=O) groups excluding carboxylic acids is 1. The molecule has 0 aromatic carbocycles. The second-order valence-corrected chi connectivity index (χ2v) is 2.26. The number of carboxylic acids is 1. The van der Waals surface area contributed by atoms with Gasteiger partial charge in [-0.3, -0.25) is 0 Å². The minimum Gasteiger partial charge on any atom is -0.545 e. The molecule has 0 saturated carbocycles. The van der Waals surface area contributed by atoms with Gasteiger partial charge in [0, 0.05) is 0 Å². The van der Waals surface area contributed by atoms with Gasteiger partial charge in [0.05, 0.1) is 12.1 Å². The molecule has 10 heavy (non-hydrogen) atoms. The average molecular weight is 143 g/mol. The van der Waals surface area contributed by atoms with Crippen molar-refractivity contribution in [2.45, 2.75) is 26.4 Å². The highest BCUT2D eigenvalue weighted by atomic mass is 16.4. The Hall–Kier alpha value is -0.830. The van der Waals surface area contributed by atoms with Gasteiger partial charge in [-0.15, -0.1) is 0 Å². The predicted molar refractivity (Wildman–Crippen MR) is 35.1 cm³/mol. The summed E-state index contributed by atoms with van der Waals surface area (Å²) in [5.74, 6) is -1.18. The van der Waals surface area contributed by atoms with Crippen LogP contribution in [0.25, 0.3) is 0 Å². The van der Waals surface area contributed by atoms with Crippen LogP contribution in [0.15, 0.2) is 11.6 Å². The molecule has 3 nitrogen and oxygen atoms in total. The molecule has 0 bridgehead atoms. The lowest BCUT2D eigenvalue weighted by molar-refractivity contribution is -0.299. The normalized spacial score (nSPS) is 14.9. The molecule has 0 spiro atoms. The number of aliphatic carboxylic acids is 1. The zero-order chi connectivity index (χ0) is 8.15. The first-order valence-electron chi connectivity index (χ1n) is 3.10. The average Bonchev–Trinajstić information content (AvgIpc) is 1.82. The van der Waals surface area contributed by atoms with Crippen molar-refractivity contribution in [1.29, 1.82) is 0 Å². The molecule has 0 fully saturated rings. The highest BCUT2D eigenvalue weighted by molar-refractivity contribution is 5.83. The first-order valence-corrected chi connectivity index (χ1v) is 3.10. The van der Waals surface area contributed by atoms with Crippen LogP contribution in [0, 0.1) is 0 Å². The van der Waals surface area contributed by atoms with Gasteiger partial charge in [-0.2, -0.15) is 0 Å². The van der Waals surface area contributed by atoms with E-state index in [9.17, 15) is 9.90 Å². The van der Waals surface area contributed by atoms with Crippen LogP contribution in [-0.4, -0.2) is 17.2 Å². The zero-order valence-electron chi connectivity index (χ0n) is 6.13. The number of aliphatic hydroxyl groups is 1. The van der Waals surface area contributed by atoms with E-state index >= 15 is 0 Å². The fourth-order valence-electron chi connectivity index (χ4n) is 0.431. The minimum absolute atomic E-state index is 0.168. The molecule has 0 saturated heterocycles. The summed E-state index contributed by atoms with van der Waals surface area (Å²) in [6.45, 7) is 3.04. The maximum Gasteiger partial charge on any atom is 0.0668 e. The summed E-state index contributed by atoms with van der Waals surface area (Å²) >= 11 is 0. The van der Waals surface area contributed by atoms with E-state index < -0.39 is 12.1 Å². The third kappa shape index (κ3) is 4.09. The highest BCUT2D eigenvalue weighted by Gasteiger charge is 1.92. The van der Waals surface area contributed by atoms with Crippen LogP contribution in [0.2, 0.25) is 0 Å². The topological polar surface area (TPSA) is 60.4 Å². The molecular formula is C7H11O3-. The second-order valence-electron chi connectivity index (χ2n) is 2.26. The van der Waals surface area contributed by atoms with Crippen molar-refractivity contribution in [2.24, 2.45) is 0 Å². The van der Waals surface area contributed by atoms with E-state index in [4.69, 9.17) is 5.11 Å². The zero-order valence-corrected chi connectivity index (χ0v) is 6.13. The number of rotatable bonds is 3. The Morgan fingerprint density at radius 2 is 2.30 bits per heavy atom.